The maximum Gasteiger partial charge on any atom is 0.252 e. The molecule has 3 heterocycles. The lowest BCUT2D eigenvalue weighted by molar-refractivity contribution is 0.878. The Bertz CT molecular complexity index is 991. The Balaban J connectivity index is 1.86. The Kier molecular flexibility index (Phi) is 3.08. The van der Waals surface area contributed by atoms with Gasteiger partial charge in [-0.2, -0.15) is 10.1 Å². The lowest BCUT2D eigenvalue weighted by atomic mass is 10.1. The zero-order valence-corrected chi connectivity index (χ0v) is 12.8. The molecule has 0 unspecified atom stereocenters. The lowest BCUT2D eigenvalue weighted by Crippen LogP contribution is -2.01. The molecule has 0 saturated heterocycles. The van der Waals surface area contributed by atoms with Crippen LogP contribution in [0.2, 0.25) is 0 Å². The second-order valence-corrected chi connectivity index (χ2v) is 5.26. The standard InChI is InChI=1S/C17H14N6/c1-11-14(10-19-17-20-12(2)22-23(11)17)15-8-9-18-16(21-15)13-6-4-3-5-7-13/h3-10H,1-2H3. The molecule has 112 valence electrons. The molecule has 0 bridgehead atoms. The smallest absolute Gasteiger partial charge is 0.237 e. The van der Waals surface area contributed by atoms with Crippen LogP contribution in [0.25, 0.3) is 28.4 Å². The van der Waals surface area contributed by atoms with Gasteiger partial charge < -0.3 is 0 Å². The molecule has 0 aliphatic rings. The van der Waals surface area contributed by atoms with Gasteiger partial charge >= 0.3 is 0 Å². The normalized spacial score (nSPS) is 11.0. The summed E-state index contributed by atoms with van der Waals surface area (Å²) in [5.41, 5.74) is 3.67. The highest BCUT2D eigenvalue weighted by molar-refractivity contribution is 5.65. The van der Waals surface area contributed by atoms with Gasteiger partial charge in [-0.05, 0) is 19.9 Å². The molecule has 0 aliphatic heterocycles. The average molecular weight is 302 g/mol. The summed E-state index contributed by atoms with van der Waals surface area (Å²) in [4.78, 5) is 17.7. The van der Waals surface area contributed by atoms with E-state index in [4.69, 9.17) is 0 Å². The first-order valence-corrected chi connectivity index (χ1v) is 7.30. The van der Waals surface area contributed by atoms with Gasteiger partial charge in [0.15, 0.2) is 5.82 Å². The quantitative estimate of drug-likeness (QED) is 0.569. The number of benzene rings is 1. The average Bonchev–Trinajstić information content (AvgIpc) is 2.98. The van der Waals surface area contributed by atoms with Gasteiger partial charge in [0, 0.05) is 23.5 Å². The summed E-state index contributed by atoms with van der Waals surface area (Å²) < 4.78 is 1.75. The van der Waals surface area contributed by atoms with Crippen LogP contribution in [0, 0.1) is 13.8 Å². The van der Waals surface area contributed by atoms with Gasteiger partial charge in [-0.3, -0.25) is 0 Å². The zero-order chi connectivity index (χ0) is 15.8. The molecular weight excluding hydrogens is 288 g/mol. The van der Waals surface area contributed by atoms with Gasteiger partial charge in [0.1, 0.15) is 5.82 Å². The van der Waals surface area contributed by atoms with Gasteiger partial charge in [0.2, 0.25) is 0 Å². The number of rotatable bonds is 2. The van der Waals surface area contributed by atoms with E-state index in [1.165, 1.54) is 0 Å². The van der Waals surface area contributed by atoms with Gasteiger partial charge in [0.05, 0.1) is 11.4 Å². The number of aryl methyl sites for hydroxylation is 2. The molecule has 0 N–H and O–H groups in total. The fourth-order valence-corrected chi connectivity index (χ4v) is 2.53. The van der Waals surface area contributed by atoms with Crippen LogP contribution >= 0.6 is 0 Å². The van der Waals surface area contributed by atoms with Crippen molar-refractivity contribution < 1.29 is 0 Å². The van der Waals surface area contributed by atoms with Crippen LogP contribution in [0.1, 0.15) is 11.5 Å². The Morgan fingerprint density at radius 3 is 2.57 bits per heavy atom. The molecule has 0 radical (unpaired) electrons. The molecule has 0 amide bonds. The summed E-state index contributed by atoms with van der Waals surface area (Å²) in [5, 5.41) is 4.38. The van der Waals surface area contributed by atoms with Crippen LogP contribution in [-0.2, 0) is 0 Å². The van der Waals surface area contributed by atoms with E-state index in [1.807, 2.05) is 50.2 Å². The molecule has 4 rings (SSSR count). The topological polar surface area (TPSA) is 68.9 Å². The van der Waals surface area contributed by atoms with Gasteiger partial charge in [-0.1, -0.05) is 30.3 Å². The number of fused-ring (bicyclic) bond motifs is 1. The van der Waals surface area contributed by atoms with Crippen LogP contribution < -0.4 is 0 Å². The Morgan fingerprint density at radius 1 is 0.913 bits per heavy atom. The molecule has 0 saturated carbocycles. The molecule has 4 aromatic rings. The van der Waals surface area contributed by atoms with E-state index in [2.05, 4.69) is 25.0 Å². The Hall–Kier alpha value is -3.15. The van der Waals surface area contributed by atoms with Crippen molar-refractivity contribution in [1.29, 1.82) is 0 Å². The predicted molar refractivity (Wildman–Crippen MR) is 86.7 cm³/mol. The monoisotopic (exact) mass is 302 g/mol. The van der Waals surface area contributed by atoms with E-state index in [0.717, 1.165) is 22.5 Å². The SMILES string of the molecule is Cc1nc2ncc(-c3ccnc(-c4ccccc4)n3)c(C)n2n1. The minimum Gasteiger partial charge on any atom is -0.237 e. The van der Waals surface area contributed by atoms with Crippen molar-refractivity contribution >= 4 is 5.78 Å². The minimum atomic E-state index is 0.598. The number of aromatic nitrogens is 6. The second-order valence-electron chi connectivity index (χ2n) is 5.26. The molecule has 6 heteroatoms. The number of nitrogens with zero attached hydrogens (tertiary/aromatic N) is 6. The van der Waals surface area contributed by atoms with E-state index in [9.17, 15) is 0 Å². The van der Waals surface area contributed by atoms with Crippen molar-refractivity contribution in [3.05, 3.63) is 60.3 Å². The predicted octanol–water partition coefficient (Wildman–Crippen LogP) is 2.87. The summed E-state index contributed by atoms with van der Waals surface area (Å²) in [6, 6.07) is 11.8. The van der Waals surface area contributed by atoms with E-state index in [-0.39, 0.29) is 0 Å². The van der Waals surface area contributed by atoms with Crippen molar-refractivity contribution in [2.75, 3.05) is 0 Å². The summed E-state index contributed by atoms with van der Waals surface area (Å²) in [6.45, 7) is 3.84. The first-order valence-electron chi connectivity index (χ1n) is 7.30. The van der Waals surface area contributed by atoms with E-state index in [1.54, 1.807) is 16.9 Å². The van der Waals surface area contributed by atoms with Crippen LogP contribution in [0.15, 0.2) is 48.8 Å². The van der Waals surface area contributed by atoms with E-state index >= 15 is 0 Å². The third-order valence-electron chi connectivity index (χ3n) is 3.68. The fraction of sp³-hybridized carbons (Fsp3) is 0.118. The van der Waals surface area contributed by atoms with Crippen molar-refractivity contribution in [1.82, 2.24) is 29.5 Å². The Morgan fingerprint density at radius 2 is 1.74 bits per heavy atom. The van der Waals surface area contributed by atoms with Crippen molar-refractivity contribution in [2.45, 2.75) is 13.8 Å². The molecule has 0 fully saturated rings. The number of hydrogen-bond acceptors (Lipinski definition) is 5. The molecule has 3 aromatic heterocycles. The van der Waals surface area contributed by atoms with Crippen LogP contribution in [0.4, 0.5) is 0 Å². The molecule has 0 spiro atoms. The van der Waals surface area contributed by atoms with Gasteiger partial charge in [-0.25, -0.2) is 19.5 Å². The highest BCUT2D eigenvalue weighted by atomic mass is 15.3. The maximum absolute atomic E-state index is 4.68. The summed E-state index contributed by atoms with van der Waals surface area (Å²) in [5.74, 6) is 1.99. The Labute approximate surface area is 132 Å². The molecule has 23 heavy (non-hydrogen) atoms. The van der Waals surface area contributed by atoms with Crippen molar-refractivity contribution in [3.63, 3.8) is 0 Å². The highest BCUT2D eigenvalue weighted by Gasteiger charge is 2.12. The van der Waals surface area contributed by atoms with Crippen molar-refractivity contribution in [3.8, 4) is 22.6 Å². The summed E-state index contributed by atoms with van der Waals surface area (Å²) in [6.07, 6.45) is 3.55. The van der Waals surface area contributed by atoms with Gasteiger partial charge in [-0.15, -0.1) is 0 Å². The summed E-state index contributed by atoms with van der Waals surface area (Å²) >= 11 is 0. The number of hydrogen-bond donors (Lipinski definition) is 0. The first-order chi connectivity index (χ1) is 11.2. The van der Waals surface area contributed by atoms with Crippen LogP contribution in [0.5, 0.6) is 0 Å². The minimum absolute atomic E-state index is 0.598. The lowest BCUT2D eigenvalue weighted by Gasteiger charge is -2.07. The van der Waals surface area contributed by atoms with E-state index < -0.39 is 0 Å². The second kappa shape index (κ2) is 5.24. The van der Waals surface area contributed by atoms with Crippen LogP contribution in [-0.4, -0.2) is 29.5 Å². The van der Waals surface area contributed by atoms with Gasteiger partial charge in [0.25, 0.3) is 5.78 Å². The third-order valence-corrected chi connectivity index (χ3v) is 3.68. The first kappa shape index (κ1) is 13.5. The van der Waals surface area contributed by atoms with E-state index in [0.29, 0.717) is 17.4 Å². The largest absolute Gasteiger partial charge is 0.252 e. The van der Waals surface area contributed by atoms with Crippen LogP contribution in [0.3, 0.4) is 0 Å². The molecule has 0 aliphatic carbocycles. The maximum atomic E-state index is 4.68. The molecule has 0 atom stereocenters. The molecular formula is C17H14N6. The fourth-order valence-electron chi connectivity index (χ4n) is 2.53. The molecule has 6 nitrogen and oxygen atoms in total. The molecule has 1 aromatic carbocycles. The highest BCUT2D eigenvalue weighted by Crippen LogP contribution is 2.23. The van der Waals surface area contributed by atoms with Crippen molar-refractivity contribution in [2.24, 2.45) is 0 Å². The summed E-state index contributed by atoms with van der Waals surface area (Å²) in [7, 11) is 0. The zero-order valence-electron chi connectivity index (χ0n) is 12.8. The third kappa shape index (κ3) is 2.34.